The van der Waals surface area contributed by atoms with E-state index >= 15 is 0 Å². The van der Waals surface area contributed by atoms with Crippen LogP contribution < -0.4 is 5.32 Å². The van der Waals surface area contributed by atoms with Crippen molar-refractivity contribution < 1.29 is 4.39 Å². The fourth-order valence-corrected chi connectivity index (χ4v) is 1.65. The van der Waals surface area contributed by atoms with E-state index in [1.54, 1.807) is 6.07 Å². The summed E-state index contributed by atoms with van der Waals surface area (Å²) in [4.78, 5) is 0. The van der Waals surface area contributed by atoms with Crippen LogP contribution in [0.25, 0.3) is 0 Å². The first kappa shape index (κ1) is 12.8. The third-order valence-corrected chi connectivity index (χ3v) is 2.71. The molecule has 1 rings (SSSR count). The van der Waals surface area contributed by atoms with Crippen molar-refractivity contribution in [2.45, 2.75) is 25.9 Å². The number of nitrogens with one attached hydrogen (secondary N) is 1. The Bertz CT molecular complexity index is 317. The zero-order valence-electron chi connectivity index (χ0n) is 8.56. The fraction of sp³-hybridized carbons (Fsp3) is 0.455. The summed E-state index contributed by atoms with van der Waals surface area (Å²) in [5, 5.41) is 3.41. The van der Waals surface area contributed by atoms with Gasteiger partial charge in [-0.3, -0.25) is 0 Å². The minimum absolute atomic E-state index is 0.160. The molecule has 0 aliphatic carbocycles. The molecule has 0 spiro atoms. The number of alkyl halides is 1. The van der Waals surface area contributed by atoms with E-state index in [1.807, 2.05) is 6.07 Å². The van der Waals surface area contributed by atoms with Crippen molar-refractivity contribution in [2.24, 2.45) is 0 Å². The van der Waals surface area contributed by atoms with Gasteiger partial charge in [0.25, 0.3) is 0 Å². The van der Waals surface area contributed by atoms with E-state index in [4.69, 9.17) is 23.2 Å². The lowest BCUT2D eigenvalue weighted by molar-refractivity contribution is 0.534. The lowest BCUT2D eigenvalue weighted by Crippen LogP contribution is -2.25. The molecule has 84 valence electrons. The van der Waals surface area contributed by atoms with E-state index in [1.165, 1.54) is 6.07 Å². The highest BCUT2D eigenvalue weighted by molar-refractivity contribution is 6.30. The van der Waals surface area contributed by atoms with E-state index in [0.29, 0.717) is 18.5 Å². The first-order valence-electron chi connectivity index (χ1n) is 4.86. The van der Waals surface area contributed by atoms with E-state index in [2.05, 4.69) is 12.2 Å². The predicted molar refractivity (Wildman–Crippen MR) is 63.0 cm³/mol. The third kappa shape index (κ3) is 4.37. The van der Waals surface area contributed by atoms with Gasteiger partial charge in [0.05, 0.1) is 5.02 Å². The second-order valence-electron chi connectivity index (χ2n) is 3.51. The van der Waals surface area contributed by atoms with Crippen molar-refractivity contribution in [3.8, 4) is 0 Å². The smallest absolute Gasteiger partial charge is 0.142 e. The van der Waals surface area contributed by atoms with Gasteiger partial charge in [-0.2, -0.15) is 0 Å². The monoisotopic (exact) mass is 249 g/mol. The molecule has 0 saturated heterocycles. The van der Waals surface area contributed by atoms with Crippen LogP contribution in [0.1, 0.15) is 18.9 Å². The average Bonchev–Trinajstić information content (AvgIpc) is 2.20. The van der Waals surface area contributed by atoms with Crippen LogP contribution in [-0.2, 0) is 6.54 Å². The molecular weight excluding hydrogens is 236 g/mol. The number of benzene rings is 1. The van der Waals surface area contributed by atoms with Gasteiger partial charge in [-0.05, 0) is 31.0 Å². The molecule has 0 aromatic heterocycles. The summed E-state index contributed by atoms with van der Waals surface area (Å²) in [7, 11) is 0. The molecule has 0 aliphatic heterocycles. The lowest BCUT2D eigenvalue weighted by Gasteiger charge is -2.12. The number of rotatable bonds is 5. The van der Waals surface area contributed by atoms with Gasteiger partial charge >= 0.3 is 0 Å². The maximum absolute atomic E-state index is 13.1. The van der Waals surface area contributed by atoms with Crippen molar-refractivity contribution in [3.63, 3.8) is 0 Å². The van der Waals surface area contributed by atoms with Crippen LogP contribution >= 0.6 is 23.2 Å². The third-order valence-electron chi connectivity index (χ3n) is 2.18. The van der Waals surface area contributed by atoms with Crippen LogP contribution in [0.4, 0.5) is 4.39 Å². The molecule has 1 unspecified atom stereocenters. The Morgan fingerprint density at radius 2 is 2.20 bits per heavy atom. The second kappa shape index (κ2) is 6.31. The summed E-state index contributed by atoms with van der Waals surface area (Å²) < 4.78 is 13.1. The maximum atomic E-state index is 13.1. The van der Waals surface area contributed by atoms with E-state index in [-0.39, 0.29) is 10.8 Å². The van der Waals surface area contributed by atoms with Crippen molar-refractivity contribution in [1.29, 1.82) is 0 Å². The molecule has 1 aromatic rings. The highest BCUT2D eigenvalue weighted by atomic mass is 35.5. The molecule has 1 N–H and O–H groups in total. The molecule has 1 atom stereocenters. The predicted octanol–water partition coefficient (Wildman–Crippen LogP) is 3.59. The van der Waals surface area contributed by atoms with E-state index in [9.17, 15) is 4.39 Å². The summed E-state index contributed by atoms with van der Waals surface area (Å²) in [5.41, 5.74) is 0.887. The maximum Gasteiger partial charge on any atom is 0.142 e. The van der Waals surface area contributed by atoms with Gasteiger partial charge in [-0.1, -0.05) is 17.7 Å². The molecule has 0 saturated carbocycles. The number of hydrogen-bond donors (Lipinski definition) is 1. The summed E-state index contributed by atoms with van der Waals surface area (Å²) in [6, 6.07) is 5.16. The lowest BCUT2D eigenvalue weighted by atomic mass is 10.2. The van der Waals surface area contributed by atoms with Crippen molar-refractivity contribution >= 4 is 23.2 Å². The van der Waals surface area contributed by atoms with Crippen molar-refractivity contribution in [1.82, 2.24) is 5.32 Å². The zero-order chi connectivity index (χ0) is 11.3. The Morgan fingerprint density at radius 1 is 1.47 bits per heavy atom. The molecule has 0 aliphatic rings. The molecule has 1 aromatic carbocycles. The quantitative estimate of drug-likeness (QED) is 0.787. The van der Waals surface area contributed by atoms with Gasteiger partial charge in [0, 0.05) is 18.5 Å². The molecule has 0 amide bonds. The van der Waals surface area contributed by atoms with Crippen LogP contribution in [0, 0.1) is 5.82 Å². The second-order valence-corrected chi connectivity index (χ2v) is 4.29. The van der Waals surface area contributed by atoms with Gasteiger partial charge < -0.3 is 5.32 Å². The summed E-state index contributed by atoms with van der Waals surface area (Å²) in [6.07, 6.45) is 0.900. The minimum Gasteiger partial charge on any atom is -0.310 e. The zero-order valence-corrected chi connectivity index (χ0v) is 10.1. The molecular formula is C11H14Cl2FN. The van der Waals surface area contributed by atoms with Crippen LogP contribution in [-0.4, -0.2) is 11.9 Å². The molecule has 1 nitrogen and oxygen atoms in total. The van der Waals surface area contributed by atoms with Crippen LogP contribution in [0.5, 0.6) is 0 Å². The molecule has 0 radical (unpaired) electrons. The fourth-order valence-electron chi connectivity index (χ4n) is 1.21. The SMILES string of the molecule is CC(CCCl)NCc1ccc(Cl)c(F)c1. The molecule has 0 fully saturated rings. The molecule has 4 heteroatoms. The van der Waals surface area contributed by atoms with Crippen molar-refractivity contribution in [2.75, 3.05) is 5.88 Å². The average molecular weight is 250 g/mol. The normalized spacial score (nSPS) is 12.8. The van der Waals surface area contributed by atoms with Gasteiger partial charge in [-0.25, -0.2) is 4.39 Å². The molecule has 0 heterocycles. The standard InChI is InChI=1S/C11H14Cl2FN/c1-8(4-5-12)15-7-9-2-3-10(13)11(14)6-9/h2-3,6,8,15H,4-5,7H2,1H3. The summed E-state index contributed by atoms with van der Waals surface area (Å²) >= 11 is 11.2. The van der Waals surface area contributed by atoms with Crippen LogP contribution in [0.2, 0.25) is 5.02 Å². The van der Waals surface area contributed by atoms with Crippen molar-refractivity contribution in [3.05, 3.63) is 34.6 Å². The summed E-state index contributed by atoms with van der Waals surface area (Å²) in [5.74, 6) is 0.254. The number of halogens is 3. The van der Waals surface area contributed by atoms with Crippen LogP contribution in [0.3, 0.4) is 0 Å². The van der Waals surface area contributed by atoms with Crippen LogP contribution in [0.15, 0.2) is 18.2 Å². The highest BCUT2D eigenvalue weighted by Gasteiger charge is 2.03. The first-order valence-corrected chi connectivity index (χ1v) is 5.78. The van der Waals surface area contributed by atoms with E-state index in [0.717, 1.165) is 12.0 Å². The number of hydrogen-bond acceptors (Lipinski definition) is 1. The Hall–Kier alpha value is -0.310. The Balaban J connectivity index is 2.47. The summed E-state index contributed by atoms with van der Waals surface area (Å²) in [6.45, 7) is 2.68. The Morgan fingerprint density at radius 3 is 2.80 bits per heavy atom. The topological polar surface area (TPSA) is 12.0 Å². The van der Waals surface area contributed by atoms with Gasteiger partial charge in [-0.15, -0.1) is 11.6 Å². The first-order chi connectivity index (χ1) is 7.13. The molecule has 15 heavy (non-hydrogen) atoms. The largest absolute Gasteiger partial charge is 0.310 e. The van der Waals surface area contributed by atoms with Gasteiger partial charge in [0.1, 0.15) is 5.82 Å². The molecule has 0 bridgehead atoms. The minimum atomic E-state index is -0.374. The Labute approximate surface area is 99.6 Å². The van der Waals surface area contributed by atoms with E-state index < -0.39 is 0 Å². The Kier molecular flexibility index (Phi) is 5.37. The highest BCUT2D eigenvalue weighted by Crippen LogP contribution is 2.15. The van der Waals surface area contributed by atoms with Gasteiger partial charge in [0.15, 0.2) is 0 Å². The van der Waals surface area contributed by atoms with Gasteiger partial charge in [0.2, 0.25) is 0 Å².